The molecule has 0 saturated heterocycles. The molecule has 3 heteroatoms. The first kappa shape index (κ1) is 13.1. The summed E-state index contributed by atoms with van der Waals surface area (Å²) in [5.41, 5.74) is 3.80. The maximum absolute atomic E-state index is 8.77. The first-order chi connectivity index (χ1) is 9.20. The van der Waals surface area contributed by atoms with E-state index in [-0.39, 0.29) is 0 Å². The monoisotopic (exact) mass is 255 g/mol. The van der Waals surface area contributed by atoms with Crippen molar-refractivity contribution in [3.05, 3.63) is 65.2 Å². The van der Waals surface area contributed by atoms with E-state index in [0.717, 1.165) is 11.3 Å². The van der Waals surface area contributed by atoms with Gasteiger partial charge in [0.1, 0.15) is 12.4 Å². The molecule has 0 aliphatic carbocycles. The summed E-state index contributed by atoms with van der Waals surface area (Å²) in [4.78, 5) is 0. The number of hydrogen-bond acceptors (Lipinski definition) is 3. The highest BCUT2D eigenvalue weighted by atomic mass is 16.5. The van der Waals surface area contributed by atoms with Crippen molar-refractivity contribution in [3.63, 3.8) is 0 Å². The molecule has 0 aliphatic heterocycles. The van der Waals surface area contributed by atoms with Gasteiger partial charge in [-0.05, 0) is 37.1 Å². The second kappa shape index (κ2) is 6.05. The van der Waals surface area contributed by atoms with Gasteiger partial charge in [0.25, 0.3) is 0 Å². The van der Waals surface area contributed by atoms with E-state index >= 15 is 0 Å². The third kappa shape index (κ3) is 3.35. The predicted molar refractivity (Wildman–Crippen MR) is 76.0 cm³/mol. The number of hydrogen-bond donors (Lipinski definition) is 1. The van der Waals surface area contributed by atoms with E-state index in [1.54, 1.807) is 6.92 Å². The summed E-state index contributed by atoms with van der Waals surface area (Å²) in [6, 6.07) is 15.7. The van der Waals surface area contributed by atoms with Crippen LogP contribution in [0.1, 0.15) is 23.6 Å². The van der Waals surface area contributed by atoms with Crippen LogP contribution in [0.2, 0.25) is 0 Å². The van der Waals surface area contributed by atoms with Crippen LogP contribution in [-0.2, 0) is 6.61 Å². The molecule has 19 heavy (non-hydrogen) atoms. The van der Waals surface area contributed by atoms with Gasteiger partial charge in [-0.2, -0.15) is 0 Å². The molecular weight excluding hydrogens is 238 g/mol. The minimum absolute atomic E-state index is 0.533. The molecule has 0 unspecified atom stereocenters. The highest BCUT2D eigenvalue weighted by molar-refractivity contribution is 5.98. The smallest absolute Gasteiger partial charge is 0.120 e. The molecule has 0 heterocycles. The van der Waals surface area contributed by atoms with Crippen molar-refractivity contribution < 1.29 is 9.94 Å². The fraction of sp³-hybridized carbons (Fsp3) is 0.188. The van der Waals surface area contributed by atoms with Gasteiger partial charge >= 0.3 is 0 Å². The zero-order valence-corrected chi connectivity index (χ0v) is 11.1. The Morgan fingerprint density at radius 2 is 1.95 bits per heavy atom. The van der Waals surface area contributed by atoms with Crippen molar-refractivity contribution in [1.82, 2.24) is 0 Å². The van der Waals surface area contributed by atoms with Crippen molar-refractivity contribution >= 4 is 5.71 Å². The lowest BCUT2D eigenvalue weighted by atomic mass is 10.1. The van der Waals surface area contributed by atoms with Gasteiger partial charge in [0, 0.05) is 5.56 Å². The van der Waals surface area contributed by atoms with Crippen LogP contribution in [0, 0.1) is 6.92 Å². The Bertz CT molecular complexity index is 591. The van der Waals surface area contributed by atoms with Gasteiger partial charge in [-0.1, -0.05) is 41.6 Å². The maximum Gasteiger partial charge on any atom is 0.120 e. The molecule has 0 bridgehead atoms. The molecule has 2 aromatic rings. The van der Waals surface area contributed by atoms with Gasteiger partial charge in [-0.3, -0.25) is 0 Å². The third-order valence-corrected chi connectivity index (χ3v) is 3.06. The molecule has 0 atom stereocenters. The molecule has 0 fully saturated rings. The molecule has 2 rings (SSSR count). The summed E-state index contributed by atoms with van der Waals surface area (Å²) >= 11 is 0. The summed E-state index contributed by atoms with van der Waals surface area (Å²) in [6.45, 7) is 4.35. The zero-order chi connectivity index (χ0) is 13.7. The number of benzene rings is 2. The fourth-order valence-corrected chi connectivity index (χ4v) is 1.80. The van der Waals surface area contributed by atoms with E-state index in [1.807, 2.05) is 36.4 Å². The van der Waals surface area contributed by atoms with Gasteiger partial charge in [0.05, 0.1) is 5.71 Å². The summed E-state index contributed by atoms with van der Waals surface area (Å²) in [5.74, 6) is 0.767. The first-order valence-corrected chi connectivity index (χ1v) is 6.17. The third-order valence-electron chi connectivity index (χ3n) is 3.06. The van der Waals surface area contributed by atoms with Crippen molar-refractivity contribution in [2.24, 2.45) is 5.16 Å². The van der Waals surface area contributed by atoms with Gasteiger partial charge in [-0.15, -0.1) is 0 Å². The van der Waals surface area contributed by atoms with Gasteiger partial charge in [-0.25, -0.2) is 0 Å². The molecule has 0 aromatic heterocycles. The largest absolute Gasteiger partial charge is 0.489 e. The average molecular weight is 255 g/mol. The van der Waals surface area contributed by atoms with E-state index in [9.17, 15) is 0 Å². The zero-order valence-electron chi connectivity index (χ0n) is 11.1. The van der Waals surface area contributed by atoms with Crippen molar-refractivity contribution in [3.8, 4) is 5.75 Å². The molecule has 98 valence electrons. The van der Waals surface area contributed by atoms with E-state index in [4.69, 9.17) is 9.94 Å². The average Bonchev–Trinajstić information content (AvgIpc) is 2.46. The second-order valence-corrected chi connectivity index (χ2v) is 4.43. The van der Waals surface area contributed by atoms with Crippen molar-refractivity contribution in [2.45, 2.75) is 20.5 Å². The van der Waals surface area contributed by atoms with Gasteiger partial charge < -0.3 is 9.94 Å². The van der Waals surface area contributed by atoms with Crippen LogP contribution in [-0.4, -0.2) is 10.9 Å². The SMILES string of the molecule is C/C(=N\O)c1cccc(OCc2ccccc2C)c1. The normalized spacial score (nSPS) is 11.4. The van der Waals surface area contributed by atoms with Crippen LogP contribution in [0.4, 0.5) is 0 Å². The number of aryl methyl sites for hydroxylation is 1. The molecule has 0 amide bonds. The lowest BCUT2D eigenvalue weighted by Gasteiger charge is -2.09. The predicted octanol–water partition coefficient (Wildman–Crippen LogP) is 3.77. The minimum Gasteiger partial charge on any atom is -0.489 e. The Morgan fingerprint density at radius 1 is 1.16 bits per heavy atom. The second-order valence-electron chi connectivity index (χ2n) is 4.43. The summed E-state index contributed by atoms with van der Waals surface area (Å²) in [7, 11) is 0. The topological polar surface area (TPSA) is 41.8 Å². The van der Waals surface area contributed by atoms with Crippen LogP contribution in [0.3, 0.4) is 0 Å². The Hall–Kier alpha value is -2.29. The molecule has 1 N–H and O–H groups in total. The molecule has 3 nitrogen and oxygen atoms in total. The Kier molecular flexibility index (Phi) is 4.18. The van der Waals surface area contributed by atoms with Crippen molar-refractivity contribution in [1.29, 1.82) is 0 Å². The van der Waals surface area contributed by atoms with Crippen molar-refractivity contribution in [2.75, 3.05) is 0 Å². The van der Waals surface area contributed by atoms with Crippen LogP contribution in [0.15, 0.2) is 53.7 Å². The number of oxime groups is 1. The first-order valence-electron chi connectivity index (χ1n) is 6.17. The van der Waals surface area contributed by atoms with E-state index in [1.165, 1.54) is 11.1 Å². The van der Waals surface area contributed by atoms with E-state index in [0.29, 0.717) is 12.3 Å². The lowest BCUT2D eigenvalue weighted by molar-refractivity contribution is 0.305. The van der Waals surface area contributed by atoms with Crippen LogP contribution in [0.25, 0.3) is 0 Å². The Morgan fingerprint density at radius 3 is 2.68 bits per heavy atom. The lowest BCUT2D eigenvalue weighted by Crippen LogP contribution is -1.99. The van der Waals surface area contributed by atoms with Gasteiger partial charge in [0.2, 0.25) is 0 Å². The fourth-order valence-electron chi connectivity index (χ4n) is 1.80. The molecule has 0 radical (unpaired) electrons. The maximum atomic E-state index is 8.77. The number of rotatable bonds is 4. The highest BCUT2D eigenvalue weighted by Gasteiger charge is 2.02. The Balaban J connectivity index is 2.10. The molecular formula is C16H17NO2. The van der Waals surface area contributed by atoms with Crippen LogP contribution >= 0.6 is 0 Å². The standard InChI is InChI=1S/C16H17NO2/c1-12-6-3-4-7-15(12)11-19-16-9-5-8-14(10-16)13(2)17-18/h3-10,18H,11H2,1-2H3/b17-13+. The van der Waals surface area contributed by atoms with Crippen LogP contribution < -0.4 is 4.74 Å². The summed E-state index contributed by atoms with van der Waals surface area (Å²) in [6.07, 6.45) is 0. The van der Waals surface area contributed by atoms with Gasteiger partial charge in [0.15, 0.2) is 0 Å². The summed E-state index contributed by atoms with van der Waals surface area (Å²) < 4.78 is 5.77. The van der Waals surface area contributed by atoms with E-state index in [2.05, 4.69) is 24.2 Å². The molecule has 2 aromatic carbocycles. The number of ether oxygens (including phenoxy) is 1. The Labute approximate surface area is 113 Å². The summed E-state index contributed by atoms with van der Waals surface area (Å²) in [5, 5.41) is 12.0. The molecule has 0 spiro atoms. The van der Waals surface area contributed by atoms with E-state index < -0.39 is 0 Å². The molecule has 0 aliphatic rings. The number of nitrogens with zero attached hydrogens (tertiary/aromatic N) is 1. The molecule has 0 saturated carbocycles. The highest BCUT2D eigenvalue weighted by Crippen LogP contribution is 2.17. The van der Waals surface area contributed by atoms with Crippen LogP contribution in [0.5, 0.6) is 5.75 Å². The quantitative estimate of drug-likeness (QED) is 0.513. The minimum atomic E-state index is 0.533.